The number of anilines is 1. The number of amides is 1. The van der Waals surface area contributed by atoms with Gasteiger partial charge >= 0.3 is 0 Å². The molecule has 2 aromatic rings. The number of oxime groups is 1. The van der Waals surface area contributed by atoms with Gasteiger partial charge in [0, 0.05) is 23.6 Å². The minimum absolute atomic E-state index is 0.0620. The van der Waals surface area contributed by atoms with Crippen molar-refractivity contribution >= 4 is 23.0 Å². The van der Waals surface area contributed by atoms with Gasteiger partial charge in [-0.15, -0.1) is 0 Å². The second kappa shape index (κ2) is 6.29. The Balaban J connectivity index is 1.98. The molecule has 0 aliphatic heterocycles. The van der Waals surface area contributed by atoms with Crippen LogP contribution in [0.2, 0.25) is 0 Å². The molecule has 0 radical (unpaired) electrons. The number of para-hydroxylation sites is 2. The highest BCUT2D eigenvalue weighted by Crippen LogP contribution is 2.39. The van der Waals surface area contributed by atoms with E-state index in [4.69, 9.17) is 4.42 Å². The van der Waals surface area contributed by atoms with Gasteiger partial charge in [-0.2, -0.15) is 0 Å². The average Bonchev–Trinajstić information content (AvgIpc) is 2.89. The van der Waals surface area contributed by atoms with Crippen molar-refractivity contribution in [3.8, 4) is 0 Å². The van der Waals surface area contributed by atoms with Crippen LogP contribution >= 0.6 is 0 Å². The largest absolute Gasteiger partial charge is 0.455 e. The predicted molar refractivity (Wildman–Crippen MR) is 94.9 cm³/mol. The van der Waals surface area contributed by atoms with E-state index in [0.29, 0.717) is 35.4 Å². The number of fused-ring (bicyclic) bond motifs is 1. The minimum atomic E-state index is -0.582. The molecular weight excluding hydrogens is 338 g/mol. The highest BCUT2D eigenvalue weighted by Gasteiger charge is 2.36. The molecule has 1 aromatic heterocycles. The molecule has 1 aliphatic carbocycles. The lowest BCUT2D eigenvalue weighted by Crippen LogP contribution is -2.27. The maximum atomic E-state index is 12.7. The van der Waals surface area contributed by atoms with Crippen molar-refractivity contribution in [1.29, 1.82) is 0 Å². The minimum Gasteiger partial charge on any atom is -0.455 e. The Kier molecular flexibility index (Phi) is 4.27. The van der Waals surface area contributed by atoms with E-state index in [1.807, 2.05) is 13.8 Å². The first-order chi connectivity index (χ1) is 12.2. The van der Waals surface area contributed by atoms with E-state index in [0.717, 1.165) is 0 Å². The summed E-state index contributed by atoms with van der Waals surface area (Å²) in [6.45, 7) is 5.75. The van der Waals surface area contributed by atoms with Crippen molar-refractivity contribution in [3.63, 3.8) is 0 Å². The zero-order valence-electron chi connectivity index (χ0n) is 14.7. The van der Waals surface area contributed by atoms with Gasteiger partial charge in [0.15, 0.2) is 5.76 Å². The van der Waals surface area contributed by atoms with Gasteiger partial charge in [-0.3, -0.25) is 14.9 Å². The summed E-state index contributed by atoms with van der Waals surface area (Å²) in [6, 6.07) is 5.89. The number of benzene rings is 1. The Hall–Kier alpha value is -3.16. The molecule has 0 bridgehead atoms. The van der Waals surface area contributed by atoms with E-state index in [1.54, 1.807) is 13.0 Å². The maximum absolute atomic E-state index is 12.7. The topological polar surface area (TPSA) is 118 Å². The van der Waals surface area contributed by atoms with Gasteiger partial charge in [0.25, 0.3) is 11.6 Å². The van der Waals surface area contributed by atoms with Crippen molar-refractivity contribution < 1.29 is 19.3 Å². The highest BCUT2D eigenvalue weighted by molar-refractivity contribution is 6.09. The standard InChI is InChI=1S/C18H19N3O5/c1-10-15-12(20-23)8-18(2,3)9-14(15)26-16(10)17(22)19-11-6-4-5-7-13(11)21(24)25/h4-7,23H,8-9H2,1-3H3,(H,19,22)/b20-12-. The third-order valence-electron chi connectivity index (χ3n) is 4.47. The summed E-state index contributed by atoms with van der Waals surface area (Å²) in [7, 11) is 0. The summed E-state index contributed by atoms with van der Waals surface area (Å²) in [5.74, 6) is 0.0626. The molecule has 0 unspecified atom stereocenters. The van der Waals surface area contributed by atoms with Crippen molar-refractivity contribution in [1.82, 2.24) is 0 Å². The fourth-order valence-electron chi connectivity index (χ4n) is 3.33. The van der Waals surface area contributed by atoms with Crippen LogP contribution in [-0.4, -0.2) is 21.7 Å². The van der Waals surface area contributed by atoms with Gasteiger partial charge in [-0.05, 0) is 24.8 Å². The summed E-state index contributed by atoms with van der Waals surface area (Å²) in [5, 5.41) is 26.4. The lowest BCUT2D eigenvalue weighted by molar-refractivity contribution is -0.383. The predicted octanol–water partition coefficient (Wildman–Crippen LogP) is 3.90. The van der Waals surface area contributed by atoms with Gasteiger partial charge in [-0.25, -0.2) is 0 Å². The summed E-state index contributed by atoms with van der Waals surface area (Å²) >= 11 is 0. The molecule has 1 amide bonds. The number of nitro benzene ring substituents is 1. The molecule has 1 aliphatic rings. The first-order valence-corrected chi connectivity index (χ1v) is 8.12. The van der Waals surface area contributed by atoms with Crippen LogP contribution in [0, 0.1) is 22.5 Å². The van der Waals surface area contributed by atoms with Gasteiger partial charge in [-0.1, -0.05) is 31.1 Å². The lowest BCUT2D eigenvalue weighted by atomic mass is 9.75. The number of nitrogens with zero attached hydrogens (tertiary/aromatic N) is 2. The molecule has 2 N–H and O–H groups in total. The summed E-state index contributed by atoms with van der Waals surface area (Å²) < 4.78 is 5.77. The third kappa shape index (κ3) is 3.05. The quantitative estimate of drug-likeness (QED) is 0.491. The van der Waals surface area contributed by atoms with E-state index >= 15 is 0 Å². The fourth-order valence-corrected chi connectivity index (χ4v) is 3.33. The first-order valence-electron chi connectivity index (χ1n) is 8.12. The first kappa shape index (κ1) is 17.7. The molecule has 1 heterocycles. The van der Waals surface area contributed by atoms with E-state index in [1.165, 1.54) is 18.2 Å². The van der Waals surface area contributed by atoms with Crippen LogP contribution in [0.15, 0.2) is 33.8 Å². The number of carbonyl (C=O) groups is 1. The zero-order valence-corrected chi connectivity index (χ0v) is 14.7. The van der Waals surface area contributed by atoms with E-state index in [2.05, 4.69) is 10.5 Å². The molecule has 1 aromatic carbocycles. The number of nitrogens with one attached hydrogen (secondary N) is 1. The van der Waals surface area contributed by atoms with Crippen LogP contribution in [0.1, 0.15) is 47.7 Å². The Morgan fingerprint density at radius 2 is 2.04 bits per heavy atom. The summed E-state index contributed by atoms with van der Waals surface area (Å²) in [4.78, 5) is 23.2. The number of nitro groups is 1. The second-order valence-electron chi connectivity index (χ2n) is 7.15. The smallest absolute Gasteiger partial charge is 0.292 e. The lowest BCUT2D eigenvalue weighted by Gasteiger charge is -2.28. The Bertz CT molecular complexity index is 927. The van der Waals surface area contributed by atoms with Crippen LogP contribution < -0.4 is 5.32 Å². The molecule has 0 atom stereocenters. The fraction of sp³-hybridized carbons (Fsp3) is 0.333. The van der Waals surface area contributed by atoms with E-state index in [9.17, 15) is 20.1 Å². The Labute approximate surface area is 149 Å². The summed E-state index contributed by atoms with van der Waals surface area (Å²) in [5.41, 5.74) is 1.40. The van der Waals surface area contributed by atoms with Crippen LogP contribution in [0.25, 0.3) is 0 Å². The van der Waals surface area contributed by atoms with Gasteiger partial charge in [0.2, 0.25) is 0 Å². The number of rotatable bonds is 3. The van der Waals surface area contributed by atoms with Gasteiger partial charge in [0.05, 0.1) is 10.6 Å². The maximum Gasteiger partial charge on any atom is 0.292 e. The molecule has 136 valence electrons. The van der Waals surface area contributed by atoms with E-state index in [-0.39, 0.29) is 22.6 Å². The number of hydrogen-bond acceptors (Lipinski definition) is 6. The second-order valence-corrected chi connectivity index (χ2v) is 7.15. The SMILES string of the molecule is Cc1c(C(=O)Nc2ccccc2[N+](=O)[O-])oc2c1/C(=N\O)CC(C)(C)C2. The molecule has 0 fully saturated rings. The number of hydrogen-bond donors (Lipinski definition) is 2. The summed E-state index contributed by atoms with van der Waals surface area (Å²) in [6.07, 6.45) is 1.16. The molecule has 8 heteroatoms. The Morgan fingerprint density at radius 1 is 1.35 bits per heavy atom. The van der Waals surface area contributed by atoms with Crippen LogP contribution in [-0.2, 0) is 6.42 Å². The molecule has 26 heavy (non-hydrogen) atoms. The number of carbonyl (C=O) groups excluding carboxylic acids is 1. The number of furan rings is 1. The molecule has 3 rings (SSSR count). The molecule has 8 nitrogen and oxygen atoms in total. The van der Waals surface area contributed by atoms with Crippen molar-refractivity contribution in [2.45, 2.75) is 33.6 Å². The van der Waals surface area contributed by atoms with E-state index < -0.39 is 10.8 Å². The van der Waals surface area contributed by atoms with Crippen molar-refractivity contribution in [2.75, 3.05) is 5.32 Å². The van der Waals surface area contributed by atoms with Crippen LogP contribution in [0.4, 0.5) is 11.4 Å². The van der Waals surface area contributed by atoms with Gasteiger partial charge in [0.1, 0.15) is 11.4 Å². The van der Waals surface area contributed by atoms with Crippen LogP contribution in [0.3, 0.4) is 0 Å². The highest BCUT2D eigenvalue weighted by atomic mass is 16.6. The van der Waals surface area contributed by atoms with Crippen molar-refractivity contribution in [3.05, 3.63) is 57.0 Å². The Morgan fingerprint density at radius 3 is 2.69 bits per heavy atom. The molecular formula is C18H19N3O5. The van der Waals surface area contributed by atoms with Crippen LogP contribution in [0.5, 0.6) is 0 Å². The molecule has 0 spiro atoms. The third-order valence-corrected chi connectivity index (χ3v) is 4.47. The monoisotopic (exact) mass is 357 g/mol. The zero-order chi connectivity index (χ0) is 19.1. The van der Waals surface area contributed by atoms with Crippen molar-refractivity contribution in [2.24, 2.45) is 10.6 Å². The molecule has 0 saturated heterocycles. The average molecular weight is 357 g/mol. The normalized spacial score (nSPS) is 17.0. The molecule has 0 saturated carbocycles. The van der Waals surface area contributed by atoms with Gasteiger partial charge < -0.3 is 14.9 Å².